The van der Waals surface area contributed by atoms with Crippen molar-refractivity contribution in [2.75, 3.05) is 13.1 Å². The lowest BCUT2D eigenvalue weighted by atomic mass is 9.96. The van der Waals surface area contributed by atoms with Crippen LogP contribution in [-0.2, 0) is 17.9 Å². The van der Waals surface area contributed by atoms with Gasteiger partial charge in [0.2, 0.25) is 5.91 Å². The molecule has 0 bridgehead atoms. The fraction of sp³-hybridized carbons (Fsp3) is 0.571. The normalized spacial score (nSPS) is 14.4. The van der Waals surface area contributed by atoms with Crippen LogP contribution in [0.25, 0.3) is 0 Å². The van der Waals surface area contributed by atoms with Crippen molar-refractivity contribution in [3.8, 4) is 0 Å². The molecule has 1 aliphatic carbocycles. The molecule has 6 nitrogen and oxygen atoms in total. The van der Waals surface area contributed by atoms with Crippen LogP contribution in [0.15, 0.2) is 42.6 Å². The van der Waals surface area contributed by atoms with E-state index in [-0.39, 0.29) is 30.6 Å². The number of aromatic nitrogens is 1. The Morgan fingerprint density at radius 2 is 1.77 bits per heavy atom. The molecule has 0 radical (unpaired) electrons. The predicted molar refractivity (Wildman–Crippen MR) is 142 cm³/mol. The number of halogens is 1. The molecule has 1 N–H and O–H groups in total. The summed E-state index contributed by atoms with van der Waals surface area (Å²) >= 11 is 6.38. The Bertz CT molecular complexity index is 965. The summed E-state index contributed by atoms with van der Waals surface area (Å²) < 4.78 is 2.14. The van der Waals surface area contributed by atoms with Crippen LogP contribution in [0.1, 0.15) is 71.1 Å². The molecule has 35 heavy (non-hydrogen) atoms. The van der Waals surface area contributed by atoms with Gasteiger partial charge in [-0.05, 0) is 56.4 Å². The van der Waals surface area contributed by atoms with Gasteiger partial charge in [0.25, 0.3) is 0 Å². The van der Waals surface area contributed by atoms with Crippen LogP contribution in [0.5, 0.6) is 0 Å². The van der Waals surface area contributed by atoms with Gasteiger partial charge in [-0.15, -0.1) is 0 Å². The third kappa shape index (κ3) is 8.03. The summed E-state index contributed by atoms with van der Waals surface area (Å²) in [6.07, 6.45) is 7.61. The summed E-state index contributed by atoms with van der Waals surface area (Å²) in [7, 11) is 0. The van der Waals surface area contributed by atoms with Gasteiger partial charge in [0.1, 0.15) is 6.54 Å². The maximum absolute atomic E-state index is 13.5. The lowest BCUT2D eigenvalue weighted by molar-refractivity contribution is -0.133. The van der Waals surface area contributed by atoms with E-state index in [1.807, 2.05) is 61.3 Å². The number of hydrogen-bond acceptors (Lipinski definition) is 2. The van der Waals surface area contributed by atoms with Crippen molar-refractivity contribution >= 4 is 23.5 Å². The minimum absolute atomic E-state index is 0.0308. The van der Waals surface area contributed by atoms with Crippen molar-refractivity contribution in [3.63, 3.8) is 0 Å². The maximum Gasteiger partial charge on any atom is 0.318 e. The summed E-state index contributed by atoms with van der Waals surface area (Å²) in [5.41, 5.74) is 2.08. The first kappa shape index (κ1) is 27.1. The Morgan fingerprint density at radius 3 is 2.43 bits per heavy atom. The molecule has 192 valence electrons. The van der Waals surface area contributed by atoms with E-state index < -0.39 is 0 Å². The zero-order valence-corrected chi connectivity index (χ0v) is 22.4. The minimum atomic E-state index is -0.133. The van der Waals surface area contributed by atoms with E-state index in [0.29, 0.717) is 25.6 Å². The van der Waals surface area contributed by atoms with Crippen molar-refractivity contribution in [2.45, 2.75) is 85.0 Å². The summed E-state index contributed by atoms with van der Waals surface area (Å²) in [6, 6.07) is 11.9. The second kappa shape index (κ2) is 13.0. The second-order valence-electron chi connectivity index (χ2n) is 10.4. The molecule has 1 heterocycles. The van der Waals surface area contributed by atoms with Gasteiger partial charge in [0, 0.05) is 42.1 Å². The van der Waals surface area contributed by atoms with Gasteiger partial charge in [-0.3, -0.25) is 4.79 Å². The van der Waals surface area contributed by atoms with Crippen LogP contribution in [0, 0.1) is 5.92 Å². The molecule has 0 unspecified atom stereocenters. The number of benzene rings is 1. The van der Waals surface area contributed by atoms with Crippen LogP contribution < -0.4 is 5.32 Å². The highest BCUT2D eigenvalue weighted by atomic mass is 35.5. The average Bonchev–Trinajstić information content (AvgIpc) is 3.25. The van der Waals surface area contributed by atoms with Gasteiger partial charge in [-0.1, -0.05) is 62.9 Å². The monoisotopic (exact) mass is 500 g/mol. The zero-order valence-electron chi connectivity index (χ0n) is 21.7. The molecule has 3 amide bonds. The average molecular weight is 501 g/mol. The van der Waals surface area contributed by atoms with Gasteiger partial charge in [-0.25, -0.2) is 4.79 Å². The fourth-order valence-electron chi connectivity index (χ4n) is 4.69. The van der Waals surface area contributed by atoms with Crippen molar-refractivity contribution in [1.29, 1.82) is 0 Å². The number of urea groups is 1. The lowest BCUT2D eigenvalue weighted by Gasteiger charge is -2.33. The van der Waals surface area contributed by atoms with Crippen LogP contribution >= 0.6 is 11.6 Å². The first-order chi connectivity index (χ1) is 16.7. The van der Waals surface area contributed by atoms with Crippen molar-refractivity contribution in [2.24, 2.45) is 5.92 Å². The second-order valence-corrected chi connectivity index (χ2v) is 10.8. The highest BCUT2D eigenvalue weighted by Crippen LogP contribution is 2.20. The van der Waals surface area contributed by atoms with E-state index in [0.717, 1.165) is 42.0 Å². The SMILES string of the molecule is CC(C)CN(Cc1cccn1Cc1ccccc1Cl)C(=O)CN(C(=O)NC1CCCCC1)C(C)C. The quantitative estimate of drug-likeness (QED) is 0.439. The number of carbonyl (C=O) groups excluding carboxylic acids is 2. The molecule has 7 heteroatoms. The van der Waals surface area contributed by atoms with E-state index in [4.69, 9.17) is 11.6 Å². The van der Waals surface area contributed by atoms with Crippen molar-refractivity contribution in [3.05, 3.63) is 58.9 Å². The van der Waals surface area contributed by atoms with E-state index in [2.05, 4.69) is 23.7 Å². The molecule has 1 saturated carbocycles. The van der Waals surface area contributed by atoms with Crippen LogP contribution in [0.2, 0.25) is 5.02 Å². The first-order valence-electron chi connectivity index (χ1n) is 13.0. The van der Waals surface area contributed by atoms with Gasteiger partial charge >= 0.3 is 6.03 Å². The topological polar surface area (TPSA) is 57.6 Å². The van der Waals surface area contributed by atoms with E-state index >= 15 is 0 Å². The van der Waals surface area contributed by atoms with Crippen LogP contribution in [-0.4, -0.2) is 51.5 Å². The summed E-state index contributed by atoms with van der Waals surface area (Å²) in [6.45, 7) is 10.0. The third-order valence-corrected chi connectivity index (χ3v) is 7.00. The highest BCUT2D eigenvalue weighted by molar-refractivity contribution is 6.31. The third-order valence-electron chi connectivity index (χ3n) is 6.64. The molecule has 1 fully saturated rings. The minimum Gasteiger partial charge on any atom is -0.345 e. The standard InChI is InChI=1S/C28H41ClN4O2/c1-21(2)17-32(19-25-14-10-16-31(25)18-23-11-8-9-15-26(23)29)27(34)20-33(22(3)4)28(35)30-24-12-6-5-7-13-24/h8-11,14-16,21-22,24H,5-7,12-13,17-20H2,1-4H3,(H,30,35). The Kier molecular flexibility index (Phi) is 10.1. The number of rotatable bonds is 10. The fourth-order valence-corrected chi connectivity index (χ4v) is 4.88. The van der Waals surface area contributed by atoms with Crippen LogP contribution in [0.4, 0.5) is 4.79 Å². The van der Waals surface area contributed by atoms with Gasteiger partial charge in [-0.2, -0.15) is 0 Å². The van der Waals surface area contributed by atoms with Crippen molar-refractivity contribution < 1.29 is 9.59 Å². The maximum atomic E-state index is 13.5. The Morgan fingerprint density at radius 1 is 1.06 bits per heavy atom. The molecule has 3 rings (SSSR count). The Balaban J connectivity index is 1.70. The molecule has 1 aromatic heterocycles. The van der Waals surface area contributed by atoms with E-state index in [1.165, 1.54) is 6.42 Å². The molecule has 1 aromatic carbocycles. The summed E-state index contributed by atoms with van der Waals surface area (Å²) in [5, 5.41) is 3.91. The smallest absolute Gasteiger partial charge is 0.318 e. The number of carbonyl (C=O) groups is 2. The Hall–Kier alpha value is -2.47. The van der Waals surface area contributed by atoms with E-state index in [9.17, 15) is 9.59 Å². The van der Waals surface area contributed by atoms with Crippen molar-refractivity contribution in [1.82, 2.24) is 19.7 Å². The molecule has 0 saturated heterocycles. The number of amides is 3. The molecule has 0 aliphatic heterocycles. The largest absolute Gasteiger partial charge is 0.345 e. The molecule has 0 atom stereocenters. The number of nitrogens with zero attached hydrogens (tertiary/aromatic N) is 3. The Labute approximate surface area is 215 Å². The first-order valence-corrected chi connectivity index (χ1v) is 13.3. The van der Waals surface area contributed by atoms with Gasteiger partial charge in [0.05, 0.1) is 6.54 Å². The molecule has 1 aliphatic rings. The number of nitrogens with one attached hydrogen (secondary N) is 1. The molecule has 2 aromatic rings. The molecule has 0 spiro atoms. The lowest BCUT2D eigenvalue weighted by Crippen LogP contribution is -2.52. The predicted octanol–water partition coefficient (Wildman–Crippen LogP) is 5.93. The van der Waals surface area contributed by atoms with E-state index in [1.54, 1.807) is 4.90 Å². The number of hydrogen-bond donors (Lipinski definition) is 1. The molecular formula is C28H41ClN4O2. The van der Waals surface area contributed by atoms with Gasteiger partial charge < -0.3 is 19.7 Å². The van der Waals surface area contributed by atoms with Crippen LogP contribution in [0.3, 0.4) is 0 Å². The highest BCUT2D eigenvalue weighted by Gasteiger charge is 2.26. The van der Waals surface area contributed by atoms with Gasteiger partial charge in [0.15, 0.2) is 0 Å². The summed E-state index contributed by atoms with van der Waals surface area (Å²) in [4.78, 5) is 30.1. The molecular weight excluding hydrogens is 460 g/mol. The zero-order chi connectivity index (χ0) is 25.4. The summed E-state index contributed by atoms with van der Waals surface area (Å²) in [5.74, 6) is 0.284.